The molecule has 3 rings (SSSR count). The van der Waals surface area contributed by atoms with E-state index < -0.39 is 17.9 Å². The van der Waals surface area contributed by atoms with Gasteiger partial charge in [0.15, 0.2) is 0 Å². The Morgan fingerprint density at radius 1 is 1.00 bits per heavy atom. The molecule has 0 heterocycles. The third kappa shape index (κ3) is 10.3. The van der Waals surface area contributed by atoms with Crippen LogP contribution in [-0.4, -0.2) is 36.0 Å². The number of ether oxygens (including phenoxy) is 1. The number of unbranched alkanes of at least 4 members (excludes halogenated alkanes) is 1. The summed E-state index contributed by atoms with van der Waals surface area (Å²) in [5.41, 5.74) is 5.25. The van der Waals surface area contributed by atoms with Crippen molar-refractivity contribution in [1.29, 1.82) is 0 Å². The number of thioether (sulfide) groups is 1. The fourth-order valence-electron chi connectivity index (χ4n) is 4.47. The van der Waals surface area contributed by atoms with Gasteiger partial charge in [-0.05, 0) is 97.6 Å². The van der Waals surface area contributed by atoms with Crippen LogP contribution in [0.1, 0.15) is 59.7 Å². The molecule has 0 aliphatic rings. The minimum Gasteiger partial charge on any atom is -0.548 e. The summed E-state index contributed by atoms with van der Waals surface area (Å²) in [6, 6.07) is 20.4. The molecule has 8 heteroatoms. The maximum Gasteiger partial charge on any atom is 1.00 e. The van der Waals surface area contributed by atoms with Crippen LogP contribution in [0.25, 0.3) is 11.1 Å². The number of carboxylic acid groups (broad SMARTS) is 1. The Bertz CT molecular complexity index is 1260. The molecule has 0 aromatic heterocycles. The number of carbonyl (C=O) groups excluding carboxylic acids is 2. The molecule has 0 aliphatic carbocycles. The van der Waals surface area contributed by atoms with Gasteiger partial charge >= 0.3 is 18.9 Å². The van der Waals surface area contributed by atoms with Crippen LogP contribution in [0, 0.1) is 6.92 Å². The first kappa shape index (κ1) is 34.0. The molecule has 1 amide bonds. The van der Waals surface area contributed by atoms with E-state index in [1.54, 1.807) is 6.07 Å². The largest absolute Gasteiger partial charge is 1.00 e. The molecule has 3 aromatic carbocycles. The SMILES string of the molecule is CSCC[C@H](NC(=O)c1ccc(COC(C)CCCCc2ccccc2Cl)cc1-c1ccccc1C)C(=O)[O-].[Li+]. The van der Waals surface area contributed by atoms with Crippen LogP contribution in [0.5, 0.6) is 0 Å². The van der Waals surface area contributed by atoms with E-state index in [-0.39, 0.29) is 25.0 Å². The molecule has 1 N–H and O–H groups in total. The van der Waals surface area contributed by atoms with Crippen LogP contribution in [0.15, 0.2) is 66.7 Å². The zero-order valence-corrected chi connectivity index (χ0v) is 25.4. The Balaban J connectivity index is 0.00000560. The maximum absolute atomic E-state index is 13.2. The van der Waals surface area contributed by atoms with E-state index in [0.29, 0.717) is 24.3 Å². The number of nitrogens with one attached hydrogen (secondary N) is 1. The predicted molar refractivity (Wildman–Crippen MR) is 159 cm³/mol. The summed E-state index contributed by atoms with van der Waals surface area (Å²) in [6.07, 6.45) is 6.26. The Kier molecular flexibility index (Phi) is 14.9. The molecule has 208 valence electrons. The molecule has 0 fully saturated rings. The van der Waals surface area contributed by atoms with Crippen molar-refractivity contribution < 1.29 is 38.3 Å². The van der Waals surface area contributed by atoms with Gasteiger partial charge in [0, 0.05) is 10.6 Å². The van der Waals surface area contributed by atoms with E-state index in [1.165, 1.54) is 17.3 Å². The number of hydrogen-bond acceptors (Lipinski definition) is 5. The van der Waals surface area contributed by atoms with E-state index in [9.17, 15) is 14.7 Å². The number of amides is 1. The average molecular weight is 574 g/mol. The molecule has 0 bridgehead atoms. The van der Waals surface area contributed by atoms with Gasteiger partial charge in [-0.25, -0.2) is 0 Å². The first-order valence-corrected chi connectivity index (χ1v) is 15.1. The van der Waals surface area contributed by atoms with Crippen molar-refractivity contribution in [1.82, 2.24) is 5.32 Å². The first-order chi connectivity index (χ1) is 18.8. The van der Waals surface area contributed by atoms with Crippen molar-refractivity contribution >= 4 is 35.2 Å². The van der Waals surface area contributed by atoms with Crippen LogP contribution in [0.2, 0.25) is 5.02 Å². The number of carbonyl (C=O) groups is 2. The maximum atomic E-state index is 13.2. The quantitative estimate of drug-likeness (QED) is 0.223. The Morgan fingerprint density at radius 2 is 1.73 bits per heavy atom. The second-order valence-electron chi connectivity index (χ2n) is 9.78. The van der Waals surface area contributed by atoms with Gasteiger partial charge in [0.25, 0.3) is 5.91 Å². The molecule has 0 saturated heterocycles. The molecule has 0 radical (unpaired) electrons. The van der Waals surface area contributed by atoms with Crippen molar-refractivity contribution in [3.8, 4) is 11.1 Å². The fourth-order valence-corrected chi connectivity index (χ4v) is 5.17. The standard InChI is InChI=1S/C32H38ClNO4S.Li/c1-22-10-4-8-14-26(22)28-20-24(16-17-27(28)31(35)34-30(32(36)37)18-19-39-3)21-38-23(2)11-5-6-12-25-13-7-9-15-29(25)33;/h4,7-10,13-17,20,23,30H,5-6,11-12,18-19,21H2,1-3H3,(H,34,35)(H,36,37);/q;+1/p-1/t23?,30-;/m0./s1. The minimum atomic E-state index is -1.28. The van der Waals surface area contributed by atoms with Crippen molar-refractivity contribution in [2.75, 3.05) is 12.0 Å². The number of hydrogen-bond donors (Lipinski definition) is 1. The molecule has 5 nitrogen and oxygen atoms in total. The molecule has 0 aliphatic heterocycles. The predicted octanol–water partition coefficient (Wildman–Crippen LogP) is 3.24. The molecule has 0 spiro atoms. The molecule has 3 aromatic rings. The second kappa shape index (κ2) is 17.6. The Hall–Kier alpha value is -2.20. The summed E-state index contributed by atoms with van der Waals surface area (Å²) >= 11 is 7.79. The van der Waals surface area contributed by atoms with Crippen LogP contribution in [0.3, 0.4) is 0 Å². The molecule has 0 saturated carbocycles. The summed E-state index contributed by atoms with van der Waals surface area (Å²) in [5.74, 6) is -1.10. The normalized spacial score (nSPS) is 12.3. The Morgan fingerprint density at radius 3 is 2.42 bits per heavy atom. The van der Waals surface area contributed by atoms with E-state index in [4.69, 9.17) is 16.3 Å². The van der Waals surface area contributed by atoms with E-state index in [1.807, 2.05) is 67.8 Å². The van der Waals surface area contributed by atoms with Crippen molar-refractivity contribution in [2.24, 2.45) is 0 Å². The summed E-state index contributed by atoms with van der Waals surface area (Å²) < 4.78 is 6.15. The van der Waals surface area contributed by atoms with Gasteiger partial charge in [0.05, 0.1) is 24.7 Å². The molecule has 2 atom stereocenters. The number of aliphatic carboxylic acids is 1. The van der Waals surface area contributed by atoms with E-state index in [2.05, 4.69) is 18.3 Å². The van der Waals surface area contributed by atoms with Gasteiger partial charge < -0.3 is 20.0 Å². The molecular weight excluding hydrogens is 537 g/mol. The summed E-state index contributed by atoms with van der Waals surface area (Å²) in [5, 5.41) is 15.1. The minimum absolute atomic E-state index is 0. The van der Waals surface area contributed by atoms with Gasteiger partial charge in [-0.15, -0.1) is 0 Å². The van der Waals surface area contributed by atoms with E-state index >= 15 is 0 Å². The monoisotopic (exact) mass is 573 g/mol. The van der Waals surface area contributed by atoms with Crippen molar-refractivity contribution in [3.63, 3.8) is 0 Å². The van der Waals surface area contributed by atoms with Gasteiger partial charge in [0.2, 0.25) is 0 Å². The van der Waals surface area contributed by atoms with Gasteiger partial charge in [-0.2, -0.15) is 11.8 Å². The van der Waals surface area contributed by atoms with Gasteiger partial charge in [0.1, 0.15) is 0 Å². The number of halogens is 1. The van der Waals surface area contributed by atoms with Crippen LogP contribution < -0.4 is 29.3 Å². The zero-order chi connectivity index (χ0) is 28.2. The number of rotatable bonds is 15. The molecule has 1 unspecified atom stereocenters. The third-order valence-corrected chi connectivity index (χ3v) is 7.78. The number of aryl methyl sites for hydroxylation is 2. The molecule has 40 heavy (non-hydrogen) atoms. The van der Waals surface area contributed by atoms with Crippen molar-refractivity contribution in [3.05, 3.63) is 94.0 Å². The number of benzene rings is 3. The third-order valence-electron chi connectivity index (χ3n) is 6.76. The van der Waals surface area contributed by atoms with Crippen LogP contribution in [-0.2, 0) is 22.6 Å². The average Bonchev–Trinajstić information content (AvgIpc) is 2.93. The van der Waals surface area contributed by atoms with Gasteiger partial charge in [-0.3, -0.25) is 4.79 Å². The molecular formula is C32H37ClLiNO4S. The summed E-state index contributed by atoms with van der Waals surface area (Å²) in [7, 11) is 0. The van der Waals surface area contributed by atoms with Crippen molar-refractivity contribution in [2.45, 2.75) is 64.7 Å². The van der Waals surface area contributed by atoms with Crippen LogP contribution in [0.4, 0.5) is 0 Å². The first-order valence-electron chi connectivity index (χ1n) is 13.3. The summed E-state index contributed by atoms with van der Waals surface area (Å²) in [6.45, 7) is 4.49. The fraction of sp³-hybridized carbons (Fsp3) is 0.375. The Labute approximate surface area is 259 Å². The topological polar surface area (TPSA) is 78.5 Å². The van der Waals surface area contributed by atoms with Crippen LogP contribution >= 0.6 is 23.4 Å². The second-order valence-corrected chi connectivity index (χ2v) is 11.2. The number of carboxylic acids is 1. The summed E-state index contributed by atoms with van der Waals surface area (Å²) in [4.78, 5) is 24.8. The smallest absolute Gasteiger partial charge is 0.548 e. The van der Waals surface area contributed by atoms with Gasteiger partial charge in [-0.1, -0.05) is 66.6 Å². The zero-order valence-electron chi connectivity index (χ0n) is 23.9. The van der Waals surface area contributed by atoms with E-state index in [0.717, 1.165) is 53.0 Å².